The molecule has 2 aromatic rings. The van der Waals surface area contributed by atoms with E-state index in [2.05, 4.69) is 18.9 Å². The van der Waals surface area contributed by atoms with Crippen molar-refractivity contribution < 1.29 is 0 Å². The summed E-state index contributed by atoms with van der Waals surface area (Å²) in [5, 5.41) is 5.64. The second-order valence-electron chi connectivity index (χ2n) is 4.79. The molecule has 0 saturated heterocycles. The average Bonchev–Trinajstić information content (AvgIpc) is 2.80. The Morgan fingerprint density at radius 2 is 1.90 bits per heavy atom. The molecule has 1 heterocycles. The maximum absolute atomic E-state index is 6.26. The fraction of sp³-hybridized carbons (Fsp3) is 0.357. The Kier molecular flexibility index (Phi) is 5.38. The predicted molar refractivity (Wildman–Crippen MR) is 86.7 cm³/mol. The Labute approximate surface area is 133 Å². The number of hydrogen-bond acceptors (Lipinski definition) is 3. The lowest BCUT2D eigenvalue weighted by Crippen LogP contribution is -2.20. The summed E-state index contributed by atoms with van der Waals surface area (Å²) in [6.45, 7) is 4.12. The predicted octanol–water partition coefficient (Wildman–Crippen LogP) is 4.56. The standard InChI is InChI=1S/C14H17Cl2N3S/c1-9(2)19-14(12(16)7-18-19)13(17)8-20-11-5-3-10(15)4-6-11/h3-7,9,13H,8,17H2,1-2H3. The number of nitrogens with zero attached hydrogens (tertiary/aromatic N) is 2. The van der Waals surface area contributed by atoms with E-state index in [1.807, 2.05) is 28.9 Å². The first-order valence-electron chi connectivity index (χ1n) is 6.36. The van der Waals surface area contributed by atoms with Crippen LogP contribution in [0.2, 0.25) is 10.0 Å². The Balaban J connectivity index is 2.07. The van der Waals surface area contributed by atoms with Gasteiger partial charge in [0.15, 0.2) is 0 Å². The number of rotatable bonds is 5. The topological polar surface area (TPSA) is 43.8 Å². The Hall–Kier alpha value is -0.680. The molecule has 2 rings (SSSR count). The van der Waals surface area contributed by atoms with Crippen LogP contribution in [-0.2, 0) is 0 Å². The van der Waals surface area contributed by atoms with Gasteiger partial charge in [-0.3, -0.25) is 4.68 Å². The van der Waals surface area contributed by atoms with Crippen LogP contribution in [-0.4, -0.2) is 15.5 Å². The zero-order chi connectivity index (χ0) is 14.7. The highest BCUT2D eigenvalue weighted by molar-refractivity contribution is 7.99. The molecule has 20 heavy (non-hydrogen) atoms. The summed E-state index contributed by atoms with van der Waals surface area (Å²) in [5.41, 5.74) is 7.16. The number of hydrogen-bond donors (Lipinski definition) is 1. The van der Waals surface area contributed by atoms with Crippen LogP contribution in [0.4, 0.5) is 0 Å². The number of aromatic nitrogens is 2. The lowest BCUT2D eigenvalue weighted by atomic mass is 10.2. The van der Waals surface area contributed by atoms with Gasteiger partial charge in [0, 0.05) is 21.7 Å². The molecule has 0 bridgehead atoms. The normalized spacial score (nSPS) is 12.9. The molecule has 1 aromatic heterocycles. The Morgan fingerprint density at radius 1 is 1.25 bits per heavy atom. The third kappa shape index (κ3) is 3.70. The van der Waals surface area contributed by atoms with Crippen LogP contribution < -0.4 is 5.73 Å². The molecule has 0 aliphatic rings. The van der Waals surface area contributed by atoms with Gasteiger partial charge in [-0.1, -0.05) is 23.2 Å². The highest BCUT2D eigenvalue weighted by Gasteiger charge is 2.18. The largest absolute Gasteiger partial charge is 0.322 e. The van der Waals surface area contributed by atoms with Crippen LogP contribution in [0.15, 0.2) is 35.4 Å². The fourth-order valence-electron chi connectivity index (χ4n) is 1.90. The second-order valence-corrected chi connectivity index (χ2v) is 6.72. The smallest absolute Gasteiger partial charge is 0.0834 e. The third-order valence-electron chi connectivity index (χ3n) is 2.87. The van der Waals surface area contributed by atoms with Crippen LogP contribution >= 0.6 is 35.0 Å². The second kappa shape index (κ2) is 6.85. The Bertz CT molecular complexity index is 566. The molecular formula is C14H17Cl2N3S. The summed E-state index contributed by atoms with van der Waals surface area (Å²) < 4.78 is 1.88. The molecule has 0 fully saturated rings. The van der Waals surface area contributed by atoms with Crippen molar-refractivity contribution in [1.82, 2.24) is 9.78 Å². The van der Waals surface area contributed by atoms with Crippen LogP contribution in [0.1, 0.15) is 31.6 Å². The molecular weight excluding hydrogens is 313 g/mol. The van der Waals surface area contributed by atoms with Crippen molar-refractivity contribution in [3.05, 3.63) is 46.2 Å². The zero-order valence-electron chi connectivity index (χ0n) is 11.4. The van der Waals surface area contributed by atoms with Crippen LogP contribution in [0.5, 0.6) is 0 Å². The number of nitrogens with two attached hydrogens (primary N) is 1. The highest BCUT2D eigenvalue weighted by Crippen LogP contribution is 2.29. The van der Waals surface area contributed by atoms with E-state index in [-0.39, 0.29) is 12.1 Å². The van der Waals surface area contributed by atoms with E-state index in [4.69, 9.17) is 28.9 Å². The van der Waals surface area contributed by atoms with Gasteiger partial charge in [-0.05, 0) is 38.1 Å². The van der Waals surface area contributed by atoms with Crippen molar-refractivity contribution in [3.63, 3.8) is 0 Å². The molecule has 0 amide bonds. The van der Waals surface area contributed by atoms with E-state index in [1.54, 1.807) is 18.0 Å². The Morgan fingerprint density at radius 3 is 2.50 bits per heavy atom. The average molecular weight is 330 g/mol. The minimum absolute atomic E-state index is 0.159. The molecule has 0 radical (unpaired) electrons. The van der Waals surface area contributed by atoms with Crippen LogP contribution in [0, 0.1) is 0 Å². The first-order valence-corrected chi connectivity index (χ1v) is 8.10. The van der Waals surface area contributed by atoms with E-state index in [1.165, 1.54) is 0 Å². The molecule has 108 valence electrons. The van der Waals surface area contributed by atoms with Crippen LogP contribution in [0.25, 0.3) is 0 Å². The quantitative estimate of drug-likeness (QED) is 0.817. The molecule has 6 heteroatoms. The monoisotopic (exact) mass is 329 g/mol. The minimum atomic E-state index is -0.159. The van der Waals surface area contributed by atoms with E-state index >= 15 is 0 Å². The third-order valence-corrected chi connectivity index (χ3v) is 4.55. The summed E-state index contributed by atoms with van der Waals surface area (Å²) in [4.78, 5) is 1.14. The van der Waals surface area contributed by atoms with Crippen molar-refractivity contribution in [2.75, 3.05) is 5.75 Å². The molecule has 0 aliphatic heterocycles. The number of halogens is 2. The first-order chi connectivity index (χ1) is 9.49. The van der Waals surface area contributed by atoms with E-state index in [0.717, 1.165) is 21.4 Å². The van der Waals surface area contributed by atoms with Crippen molar-refractivity contribution in [1.29, 1.82) is 0 Å². The fourth-order valence-corrected chi connectivity index (χ4v) is 3.16. The summed E-state index contributed by atoms with van der Waals surface area (Å²) >= 11 is 13.7. The molecule has 1 atom stereocenters. The molecule has 3 nitrogen and oxygen atoms in total. The summed E-state index contributed by atoms with van der Waals surface area (Å²) in [6.07, 6.45) is 1.66. The van der Waals surface area contributed by atoms with Crippen molar-refractivity contribution in [3.8, 4) is 0 Å². The molecule has 1 aromatic carbocycles. The van der Waals surface area contributed by atoms with Gasteiger partial charge in [0.1, 0.15) is 0 Å². The first kappa shape index (κ1) is 15.7. The number of benzene rings is 1. The van der Waals surface area contributed by atoms with Gasteiger partial charge in [-0.25, -0.2) is 0 Å². The van der Waals surface area contributed by atoms with E-state index < -0.39 is 0 Å². The van der Waals surface area contributed by atoms with Gasteiger partial charge in [0.2, 0.25) is 0 Å². The summed E-state index contributed by atoms with van der Waals surface area (Å²) in [6, 6.07) is 7.81. The van der Waals surface area contributed by atoms with Gasteiger partial charge in [-0.15, -0.1) is 11.8 Å². The molecule has 0 aliphatic carbocycles. The SMILES string of the molecule is CC(C)n1ncc(Cl)c1C(N)CSc1ccc(Cl)cc1. The van der Waals surface area contributed by atoms with Crippen molar-refractivity contribution in [2.45, 2.75) is 30.8 Å². The summed E-state index contributed by atoms with van der Waals surface area (Å²) in [5.74, 6) is 0.736. The van der Waals surface area contributed by atoms with E-state index in [9.17, 15) is 0 Å². The van der Waals surface area contributed by atoms with Gasteiger partial charge >= 0.3 is 0 Å². The van der Waals surface area contributed by atoms with Gasteiger partial charge in [0.05, 0.1) is 23.0 Å². The number of thioether (sulfide) groups is 1. The maximum Gasteiger partial charge on any atom is 0.0834 e. The minimum Gasteiger partial charge on any atom is -0.322 e. The molecule has 0 spiro atoms. The molecule has 2 N–H and O–H groups in total. The van der Waals surface area contributed by atoms with Crippen molar-refractivity contribution >= 4 is 35.0 Å². The molecule has 0 saturated carbocycles. The highest BCUT2D eigenvalue weighted by atomic mass is 35.5. The summed E-state index contributed by atoms with van der Waals surface area (Å²) in [7, 11) is 0. The van der Waals surface area contributed by atoms with Gasteiger partial charge in [-0.2, -0.15) is 5.10 Å². The van der Waals surface area contributed by atoms with Gasteiger partial charge < -0.3 is 5.73 Å². The van der Waals surface area contributed by atoms with E-state index in [0.29, 0.717) is 5.02 Å². The maximum atomic E-state index is 6.26. The lowest BCUT2D eigenvalue weighted by Gasteiger charge is -2.17. The van der Waals surface area contributed by atoms with Gasteiger partial charge in [0.25, 0.3) is 0 Å². The molecule has 1 unspecified atom stereocenters. The van der Waals surface area contributed by atoms with Crippen molar-refractivity contribution in [2.24, 2.45) is 5.73 Å². The lowest BCUT2D eigenvalue weighted by molar-refractivity contribution is 0.495. The zero-order valence-corrected chi connectivity index (χ0v) is 13.7. The van der Waals surface area contributed by atoms with Crippen LogP contribution in [0.3, 0.4) is 0 Å².